The van der Waals surface area contributed by atoms with E-state index < -0.39 is 0 Å². The van der Waals surface area contributed by atoms with Crippen LogP contribution in [0.2, 0.25) is 0 Å². The van der Waals surface area contributed by atoms with Gasteiger partial charge in [-0.05, 0) is 73.3 Å². The number of fused-ring (bicyclic) bond motifs is 5. The van der Waals surface area contributed by atoms with Crippen LogP contribution in [0.25, 0.3) is 0 Å². The van der Waals surface area contributed by atoms with Crippen molar-refractivity contribution in [2.75, 3.05) is 7.11 Å². The molecule has 3 aliphatic carbocycles. The Labute approximate surface area is 132 Å². The van der Waals surface area contributed by atoms with Gasteiger partial charge in [-0.15, -0.1) is 0 Å². The summed E-state index contributed by atoms with van der Waals surface area (Å²) < 4.78 is 5.26. The molecule has 0 saturated heterocycles. The van der Waals surface area contributed by atoms with Crippen LogP contribution in [-0.4, -0.2) is 23.4 Å². The summed E-state index contributed by atoms with van der Waals surface area (Å²) in [5, 5.41) is 20.9. The number of ether oxygens (including phenoxy) is 1. The normalized spacial score (nSPS) is 39.8. The van der Waals surface area contributed by atoms with Crippen molar-refractivity contribution in [3.8, 4) is 11.5 Å². The molecule has 3 nitrogen and oxygen atoms in total. The summed E-state index contributed by atoms with van der Waals surface area (Å²) in [6.07, 6.45) is 6.30. The third-order valence-electron chi connectivity index (χ3n) is 7.02. The number of hydrogen-bond donors (Lipinski definition) is 2. The van der Waals surface area contributed by atoms with Gasteiger partial charge in [-0.1, -0.05) is 13.0 Å². The Kier molecular flexibility index (Phi) is 3.19. The maximum atomic E-state index is 10.4. The number of phenolic OH excluding ortho intramolecular Hbond substituents is 1. The summed E-state index contributed by atoms with van der Waals surface area (Å²) in [4.78, 5) is 0. The number of methoxy groups -OCH3 is 1. The van der Waals surface area contributed by atoms with Gasteiger partial charge >= 0.3 is 0 Å². The van der Waals surface area contributed by atoms with Gasteiger partial charge < -0.3 is 14.9 Å². The molecule has 4 rings (SSSR count). The molecule has 0 aliphatic heterocycles. The molecule has 0 amide bonds. The number of aliphatic hydroxyl groups is 1. The first kappa shape index (κ1) is 14.4. The molecule has 0 spiro atoms. The number of phenols is 1. The zero-order chi connectivity index (χ0) is 15.5. The topological polar surface area (TPSA) is 49.7 Å². The lowest BCUT2D eigenvalue weighted by Crippen LogP contribution is -2.43. The van der Waals surface area contributed by atoms with Crippen molar-refractivity contribution >= 4 is 0 Å². The molecule has 1 aromatic carbocycles. The zero-order valence-corrected chi connectivity index (χ0v) is 13.5. The summed E-state index contributed by atoms with van der Waals surface area (Å²) in [6.45, 7) is 2.30. The van der Waals surface area contributed by atoms with Crippen LogP contribution in [0.1, 0.15) is 56.1 Å². The predicted octanol–water partition coefficient (Wildman–Crippen LogP) is 3.62. The molecule has 120 valence electrons. The Balaban J connectivity index is 1.72. The van der Waals surface area contributed by atoms with E-state index in [1.54, 1.807) is 7.11 Å². The average Bonchev–Trinajstić information content (AvgIpc) is 2.83. The van der Waals surface area contributed by atoms with Gasteiger partial charge in [0.1, 0.15) is 0 Å². The van der Waals surface area contributed by atoms with Gasteiger partial charge in [-0.3, -0.25) is 0 Å². The van der Waals surface area contributed by atoms with Gasteiger partial charge in [0, 0.05) is 5.56 Å². The van der Waals surface area contributed by atoms with E-state index in [0.717, 1.165) is 44.1 Å². The van der Waals surface area contributed by atoms with E-state index in [4.69, 9.17) is 4.74 Å². The van der Waals surface area contributed by atoms with Crippen molar-refractivity contribution in [2.24, 2.45) is 17.3 Å². The molecular formula is C19H26O3. The molecule has 2 N–H and O–H groups in total. The standard InChI is InChI=1S/C19H26O3/c1-19-10-9-12-11-5-7-16(22-2)18(21)14(11)4-3-13(12)15(19)6-8-17(19)20/h5,7,12-13,15,17,20-21H,3-4,6,8-10H2,1-2H3/t12-,13-,15+,17+,19+/m0/s1. The highest BCUT2D eigenvalue weighted by atomic mass is 16.5. The minimum atomic E-state index is -0.121. The zero-order valence-electron chi connectivity index (χ0n) is 13.5. The highest BCUT2D eigenvalue weighted by Crippen LogP contribution is 2.61. The summed E-state index contributed by atoms with van der Waals surface area (Å²) >= 11 is 0. The molecule has 0 bridgehead atoms. The van der Waals surface area contributed by atoms with Gasteiger partial charge in [-0.25, -0.2) is 0 Å². The Bertz CT molecular complexity index is 597. The molecule has 0 heterocycles. The molecule has 1 aromatic rings. The van der Waals surface area contributed by atoms with E-state index in [9.17, 15) is 10.2 Å². The van der Waals surface area contributed by atoms with Crippen molar-refractivity contribution in [2.45, 2.75) is 57.5 Å². The predicted molar refractivity (Wildman–Crippen MR) is 85.3 cm³/mol. The van der Waals surface area contributed by atoms with Crippen LogP contribution in [0.4, 0.5) is 0 Å². The number of hydrogen-bond acceptors (Lipinski definition) is 3. The van der Waals surface area contributed by atoms with E-state index in [1.807, 2.05) is 6.07 Å². The number of aromatic hydroxyl groups is 1. The van der Waals surface area contributed by atoms with Crippen molar-refractivity contribution in [3.05, 3.63) is 23.3 Å². The fourth-order valence-corrected chi connectivity index (χ4v) is 5.76. The van der Waals surface area contributed by atoms with Gasteiger partial charge in [0.15, 0.2) is 11.5 Å². The third kappa shape index (κ3) is 1.78. The van der Waals surface area contributed by atoms with Crippen LogP contribution in [0.5, 0.6) is 11.5 Å². The monoisotopic (exact) mass is 302 g/mol. The van der Waals surface area contributed by atoms with Gasteiger partial charge in [0.25, 0.3) is 0 Å². The van der Waals surface area contributed by atoms with Crippen LogP contribution >= 0.6 is 0 Å². The Morgan fingerprint density at radius 3 is 2.77 bits per heavy atom. The molecular weight excluding hydrogens is 276 g/mol. The Morgan fingerprint density at radius 2 is 2.00 bits per heavy atom. The van der Waals surface area contributed by atoms with Crippen LogP contribution in [0.15, 0.2) is 12.1 Å². The average molecular weight is 302 g/mol. The number of aliphatic hydroxyl groups excluding tert-OH is 1. The molecule has 3 aliphatic rings. The molecule has 3 heteroatoms. The molecule has 2 fully saturated rings. The second-order valence-electron chi connectivity index (χ2n) is 7.74. The van der Waals surface area contributed by atoms with Gasteiger partial charge in [0.2, 0.25) is 0 Å². The minimum Gasteiger partial charge on any atom is -0.504 e. The van der Waals surface area contributed by atoms with E-state index in [1.165, 1.54) is 5.56 Å². The van der Waals surface area contributed by atoms with Crippen molar-refractivity contribution in [1.29, 1.82) is 0 Å². The second kappa shape index (κ2) is 4.89. The first-order valence-corrected chi connectivity index (χ1v) is 8.63. The van der Waals surface area contributed by atoms with E-state index in [0.29, 0.717) is 29.3 Å². The summed E-state index contributed by atoms with van der Waals surface area (Å²) in [5.41, 5.74) is 2.55. The van der Waals surface area contributed by atoms with Crippen molar-refractivity contribution < 1.29 is 14.9 Å². The lowest BCUT2D eigenvalue weighted by Gasteiger charge is -2.50. The summed E-state index contributed by atoms with van der Waals surface area (Å²) in [6, 6.07) is 4.08. The van der Waals surface area contributed by atoms with E-state index in [-0.39, 0.29) is 11.5 Å². The van der Waals surface area contributed by atoms with Gasteiger partial charge in [-0.2, -0.15) is 0 Å². The molecule has 0 aromatic heterocycles. The first-order valence-electron chi connectivity index (χ1n) is 8.63. The Hall–Kier alpha value is -1.22. The summed E-state index contributed by atoms with van der Waals surface area (Å²) in [5.74, 6) is 2.78. The van der Waals surface area contributed by atoms with E-state index in [2.05, 4.69) is 13.0 Å². The van der Waals surface area contributed by atoms with E-state index >= 15 is 0 Å². The fourth-order valence-electron chi connectivity index (χ4n) is 5.76. The molecule has 2 saturated carbocycles. The van der Waals surface area contributed by atoms with Crippen LogP contribution < -0.4 is 4.74 Å². The quantitative estimate of drug-likeness (QED) is 0.833. The van der Waals surface area contributed by atoms with Crippen molar-refractivity contribution in [1.82, 2.24) is 0 Å². The van der Waals surface area contributed by atoms with Crippen LogP contribution in [0.3, 0.4) is 0 Å². The first-order chi connectivity index (χ1) is 10.6. The lowest BCUT2D eigenvalue weighted by molar-refractivity contribution is -0.0227. The minimum absolute atomic E-state index is 0.118. The SMILES string of the molecule is COc1ccc2c(c1O)CC[C@@H]1[C@H]3CC[C@@H](O)[C@]3(C)CC[C@@H]21. The van der Waals surface area contributed by atoms with Crippen molar-refractivity contribution in [3.63, 3.8) is 0 Å². The number of rotatable bonds is 1. The largest absolute Gasteiger partial charge is 0.504 e. The lowest BCUT2D eigenvalue weighted by atomic mass is 9.55. The second-order valence-corrected chi connectivity index (χ2v) is 7.74. The highest BCUT2D eigenvalue weighted by molar-refractivity contribution is 5.52. The molecule has 0 unspecified atom stereocenters. The Morgan fingerprint density at radius 1 is 1.18 bits per heavy atom. The maximum Gasteiger partial charge on any atom is 0.161 e. The molecule has 0 radical (unpaired) electrons. The summed E-state index contributed by atoms with van der Waals surface area (Å²) in [7, 11) is 1.61. The molecule has 22 heavy (non-hydrogen) atoms. The van der Waals surface area contributed by atoms with Crippen LogP contribution in [-0.2, 0) is 6.42 Å². The highest BCUT2D eigenvalue weighted by Gasteiger charge is 2.54. The van der Waals surface area contributed by atoms with Crippen LogP contribution in [0, 0.1) is 17.3 Å². The smallest absolute Gasteiger partial charge is 0.161 e. The fraction of sp³-hybridized carbons (Fsp3) is 0.684. The third-order valence-corrected chi connectivity index (χ3v) is 7.02. The molecule has 5 atom stereocenters. The van der Waals surface area contributed by atoms with Gasteiger partial charge in [0.05, 0.1) is 13.2 Å². The number of benzene rings is 1. The maximum absolute atomic E-state index is 10.4.